The Kier molecular flexibility index (Phi) is 3.21. The number of hydrogen-bond donors (Lipinski definition) is 0. The van der Waals surface area contributed by atoms with Crippen molar-refractivity contribution in [2.45, 2.75) is 38.7 Å². The first-order valence-electron chi connectivity index (χ1n) is 5.01. The van der Waals surface area contributed by atoms with Crippen molar-refractivity contribution < 1.29 is 23.1 Å². The zero-order chi connectivity index (χ0) is 12.6. The summed E-state index contributed by atoms with van der Waals surface area (Å²) in [6, 6.07) is 0. The van der Waals surface area contributed by atoms with Gasteiger partial charge in [0.25, 0.3) is 0 Å². The molecule has 1 aliphatic heterocycles. The molecule has 0 aromatic heterocycles. The van der Waals surface area contributed by atoms with Gasteiger partial charge >= 0.3 is 12.0 Å². The Balaban J connectivity index is 2.59. The average Bonchev–Trinajstić information content (AvgIpc) is 2.06. The van der Waals surface area contributed by atoms with Gasteiger partial charge in [-0.2, -0.15) is 8.78 Å². The lowest BCUT2D eigenvalue weighted by Gasteiger charge is -2.32. The van der Waals surface area contributed by atoms with Gasteiger partial charge in [0, 0.05) is 13.0 Å². The fourth-order valence-corrected chi connectivity index (χ4v) is 1.27. The van der Waals surface area contributed by atoms with Crippen molar-refractivity contribution >= 4 is 11.9 Å². The van der Waals surface area contributed by atoms with Crippen molar-refractivity contribution in [3.8, 4) is 0 Å². The summed E-state index contributed by atoms with van der Waals surface area (Å²) in [4.78, 5) is 23.5. The number of carbonyl (C=O) groups excluding carboxylic acids is 2. The van der Waals surface area contributed by atoms with Crippen molar-refractivity contribution in [3.63, 3.8) is 0 Å². The molecule has 0 spiro atoms. The van der Waals surface area contributed by atoms with Crippen LogP contribution >= 0.6 is 0 Å². The Bertz CT molecular complexity index is 310. The van der Waals surface area contributed by atoms with Crippen molar-refractivity contribution in [1.82, 2.24) is 4.90 Å². The maximum Gasteiger partial charge on any atom is 0.410 e. The van der Waals surface area contributed by atoms with Gasteiger partial charge in [-0.1, -0.05) is 0 Å². The predicted molar refractivity (Wildman–Crippen MR) is 52.4 cm³/mol. The van der Waals surface area contributed by atoms with Crippen LogP contribution < -0.4 is 0 Å². The minimum Gasteiger partial charge on any atom is -0.444 e. The van der Waals surface area contributed by atoms with Gasteiger partial charge in [-0.05, 0) is 20.8 Å². The summed E-state index contributed by atoms with van der Waals surface area (Å²) in [5.74, 6) is -4.54. The largest absolute Gasteiger partial charge is 0.444 e. The van der Waals surface area contributed by atoms with Gasteiger partial charge in [0.1, 0.15) is 5.60 Å². The highest BCUT2D eigenvalue weighted by molar-refractivity contribution is 5.90. The van der Waals surface area contributed by atoms with Crippen LogP contribution in [-0.2, 0) is 9.53 Å². The van der Waals surface area contributed by atoms with Crippen molar-refractivity contribution in [1.29, 1.82) is 0 Å². The van der Waals surface area contributed by atoms with E-state index in [0.717, 1.165) is 4.90 Å². The van der Waals surface area contributed by atoms with Crippen LogP contribution in [0.1, 0.15) is 27.2 Å². The second kappa shape index (κ2) is 3.99. The third kappa shape index (κ3) is 3.15. The van der Waals surface area contributed by atoms with Gasteiger partial charge in [0.15, 0.2) is 0 Å². The molecule has 1 rings (SSSR count). The first kappa shape index (κ1) is 12.9. The quantitative estimate of drug-likeness (QED) is 0.643. The molecule has 1 fully saturated rings. The van der Waals surface area contributed by atoms with Gasteiger partial charge in [0.2, 0.25) is 5.78 Å². The van der Waals surface area contributed by atoms with E-state index in [-0.39, 0.29) is 6.54 Å². The molecule has 0 aliphatic carbocycles. The molecule has 0 N–H and O–H groups in total. The lowest BCUT2D eigenvalue weighted by molar-refractivity contribution is -0.150. The molecule has 0 radical (unpaired) electrons. The monoisotopic (exact) mass is 235 g/mol. The molecule has 1 saturated heterocycles. The van der Waals surface area contributed by atoms with Gasteiger partial charge in [-0.3, -0.25) is 4.79 Å². The van der Waals surface area contributed by atoms with E-state index >= 15 is 0 Å². The first-order valence-corrected chi connectivity index (χ1v) is 5.01. The number of ether oxygens (including phenoxy) is 1. The van der Waals surface area contributed by atoms with Gasteiger partial charge < -0.3 is 9.64 Å². The number of amides is 1. The molecule has 0 unspecified atom stereocenters. The highest BCUT2D eigenvalue weighted by atomic mass is 19.3. The third-order valence-corrected chi connectivity index (χ3v) is 2.09. The molecule has 1 heterocycles. The summed E-state index contributed by atoms with van der Waals surface area (Å²) in [7, 11) is 0. The Hall–Kier alpha value is -1.20. The van der Waals surface area contributed by atoms with Gasteiger partial charge in [-0.15, -0.1) is 0 Å². The van der Waals surface area contributed by atoms with Crippen LogP contribution in [0.15, 0.2) is 0 Å². The first-order chi connectivity index (χ1) is 7.12. The zero-order valence-corrected chi connectivity index (χ0v) is 9.55. The second-order valence-corrected chi connectivity index (χ2v) is 4.78. The number of rotatable bonds is 0. The second-order valence-electron chi connectivity index (χ2n) is 4.78. The van der Waals surface area contributed by atoms with Crippen molar-refractivity contribution in [2.24, 2.45) is 0 Å². The molecule has 16 heavy (non-hydrogen) atoms. The van der Waals surface area contributed by atoms with Crippen LogP contribution in [-0.4, -0.2) is 41.4 Å². The van der Waals surface area contributed by atoms with Crippen molar-refractivity contribution in [3.05, 3.63) is 0 Å². The number of nitrogens with zero attached hydrogens (tertiary/aromatic N) is 1. The Morgan fingerprint density at radius 2 is 2.00 bits per heavy atom. The molecule has 92 valence electrons. The van der Waals surface area contributed by atoms with E-state index in [4.69, 9.17) is 4.74 Å². The van der Waals surface area contributed by atoms with E-state index in [0.29, 0.717) is 0 Å². The fraction of sp³-hybridized carbons (Fsp3) is 0.800. The number of piperidine rings is 1. The molecular formula is C10H15F2NO3. The molecule has 0 aromatic carbocycles. The summed E-state index contributed by atoms with van der Waals surface area (Å²) in [5.41, 5.74) is -0.694. The number of hydrogen-bond acceptors (Lipinski definition) is 3. The molecular weight excluding hydrogens is 220 g/mol. The maximum absolute atomic E-state index is 12.8. The van der Waals surface area contributed by atoms with Crippen LogP contribution in [0.5, 0.6) is 0 Å². The summed E-state index contributed by atoms with van der Waals surface area (Å²) in [6.45, 7) is 4.28. The average molecular weight is 235 g/mol. The van der Waals surface area contributed by atoms with Crippen LogP contribution in [0.2, 0.25) is 0 Å². The van der Waals surface area contributed by atoms with Crippen LogP contribution in [0.25, 0.3) is 0 Å². The van der Waals surface area contributed by atoms with Crippen LogP contribution in [0.3, 0.4) is 0 Å². The number of carbonyl (C=O) groups is 2. The smallest absolute Gasteiger partial charge is 0.410 e. The van der Waals surface area contributed by atoms with E-state index in [9.17, 15) is 18.4 Å². The lowest BCUT2D eigenvalue weighted by atomic mass is 10.1. The van der Waals surface area contributed by atoms with E-state index in [1.807, 2.05) is 0 Å². The van der Waals surface area contributed by atoms with E-state index in [2.05, 4.69) is 0 Å². The molecule has 1 aliphatic rings. The van der Waals surface area contributed by atoms with Gasteiger partial charge in [0.05, 0.1) is 6.54 Å². The molecule has 4 nitrogen and oxygen atoms in total. The normalized spacial score (nSPS) is 20.8. The van der Waals surface area contributed by atoms with E-state index in [1.165, 1.54) is 0 Å². The summed E-state index contributed by atoms with van der Waals surface area (Å²) in [6.07, 6.45) is -1.36. The van der Waals surface area contributed by atoms with Gasteiger partial charge in [-0.25, -0.2) is 4.79 Å². The molecule has 0 bridgehead atoms. The molecule has 0 saturated carbocycles. The Morgan fingerprint density at radius 3 is 2.44 bits per heavy atom. The summed E-state index contributed by atoms with van der Waals surface area (Å²) in [5, 5.41) is 0. The molecule has 0 atom stereocenters. The molecule has 1 amide bonds. The number of likely N-dealkylation sites (tertiary alicyclic amines) is 1. The minimum absolute atomic E-state index is 0.159. The maximum atomic E-state index is 12.8. The fourth-order valence-electron chi connectivity index (χ4n) is 1.27. The van der Waals surface area contributed by atoms with Crippen LogP contribution in [0.4, 0.5) is 13.6 Å². The molecule has 6 heteroatoms. The van der Waals surface area contributed by atoms with E-state index in [1.54, 1.807) is 20.8 Å². The van der Waals surface area contributed by atoms with E-state index < -0.39 is 36.4 Å². The predicted octanol–water partition coefficient (Wildman–Crippen LogP) is 1.83. The highest BCUT2D eigenvalue weighted by Gasteiger charge is 2.44. The molecule has 0 aromatic rings. The zero-order valence-electron chi connectivity index (χ0n) is 9.55. The Morgan fingerprint density at radius 1 is 1.44 bits per heavy atom. The standard InChI is InChI=1S/C10H15F2NO3/c1-9(2,3)16-8(15)13-5-4-10(11,12)7(14)6-13/h4-6H2,1-3H3. The SMILES string of the molecule is CC(C)(C)OC(=O)N1CCC(F)(F)C(=O)C1. The lowest BCUT2D eigenvalue weighted by Crippen LogP contribution is -2.50. The summed E-state index contributed by atoms with van der Waals surface area (Å²) >= 11 is 0. The number of ketones is 1. The Labute approximate surface area is 92.5 Å². The topological polar surface area (TPSA) is 46.6 Å². The third-order valence-electron chi connectivity index (χ3n) is 2.09. The number of halogens is 2. The van der Waals surface area contributed by atoms with Crippen LogP contribution in [0, 0.1) is 0 Å². The number of Topliss-reactive ketones (excluding diaryl/α,β-unsaturated/α-hetero) is 1. The van der Waals surface area contributed by atoms with Crippen molar-refractivity contribution in [2.75, 3.05) is 13.1 Å². The summed E-state index contributed by atoms with van der Waals surface area (Å²) < 4.78 is 30.7. The minimum atomic E-state index is -3.31. The number of alkyl halides is 2. The highest BCUT2D eigenvalue weighted by Crippen LogP contribution is 2.25.